The van der Waals surface area contributed by atoms with Crippen LogP contribution >= 0.6 is 0 Å². The Labute approximate surface area is 165 Å². The van der Waals surface area contributed by atoms with E-state index in [4.69, 9.17) is 0 Å². The minimum Gasteiger partial charge on any atom is -0.508 e. The van der Waals surface area contributed by atoms with Gasteiger partial charge in [0.15, 0.2) is 0 Å². The third-order valence-electron chi connectivity index (χ3n) is 3.91. The monoisotopic (exact) mass is 393 g/mol. The molecule has 0 saturated heterocycles. The van der Waals surface area contributed by atoms with Crippen molar-refractivity contribution in [3.8, 4) is 11.5 Å². The van der Waals surface area contributed by atoms with Crippen LogP contribution in [0.5, 0.6) is 11.5 Å². The Morgan fingerprint density at radius 3 is 2.38 bits per heavy atom. The fraction of sp³-hybridized carbons (Fsp3) is 0. The van der Waals surface area contributed by atoms with Gasteiger partial charge in [-0.25, -0.2) is 9.82 Å². The van der Waals surface area contributed by atoms with Crippen molar-refractivity contribution in [2.75, 3.05) is 5.32 Å². The van der Waals surface area contributed by atoms with Crippen LogP contribution in [0.15, 0.2) is 71.8 Å². The van der Waals surface area contributed by atoms with E-state index in [1.807, 2.05) is 0 Å². The molecule has 0 unspecified atom stereocenters. The molecule has 3 aromatic rings. The molecule has 7 nitrogen and oxygen atoms in total. The van der Waals surface area contributed by atoms with E-state index in [1.54, 1.807) is 18.2 Å². The van der Waals surface area contributed by atoms with Gasteiger partial charge in [0.1, 0.15) is 17.3 Å². The van der Waals surface area contributed by atoms with Crippen LogP contribution in [-0.4, -0.2) is 28.2 Å². The number of amides is 2. The van der Waals surface area contributed by atoms with Gasteiger partial charge in [-0.3, -0.25) is 9.59 Å². The molecule has 8 heteroatoms. The van der Waals surface area contributed by atoms with Crippen LogP contribution in [0.2, 0.25) is 0 Å². The molecular formula is C21H16FN3O4. The number of phenols is 2. The Morgan fingerprint density at radius 1 is 0.931 bits per heavy atom. The molecule has 0 fully saturated rings. The number of hydrogen-bond donors (Lipinski definition) is 4. The minimum absolute atomic E-state index is 0.102. The number of benzene rings is 3. The van der Waals surface area contributed by atoms with E-state index in [1.165, 1.54) is 48.7 Å². The molecular weight excluding hydrogens is 377 g/mol. The molecule has 0 saturated carbocycles. The SMILES string of the molecule is O=C(Nc1ccccc1C(=O)N/N=C\c1ccc(O)cc1O)c1ccc(F)cc1. The van der Waals surface area contributed by atoms with Gasteiger partial charge in [-0.05, 0) is 48.5 Å². The van der Waals surface area contributed by atoms with Gasteiger partial charge in [-0.2, -0.15) is 5.10 Å². The highest BCUT2D eigenvalue weighted by Crippen LogP contribution is 2.21. The van der Waals surface area contributed by atoms with Crippen LogP contribution in [0.3, 0.4) is 0 Å². The molecule has 0 aliphatic carbocycles. The quantitative estimate of drug-likeness (QED) is 0.394. The van der Waals surface area contributed by atoms with Crippen LogP contribution in [-0.2, 0) is 0 Å². The van der Waals surface area contributed by atoms with Crippen molar-refractivity contribution in [2.24, 2.45) is 5.10 Å². The number of rotatable bonds is 5. The molecule has 4 N–H and O–H groups in total. The topological polar surface area (TPSA) is 111 Å². The van der Waals surface area contributed by atoms with E-state index >= 15 is 0 Å². The van der Waals surface area contributed by atoms with Gasteiger partial charge in [0.25, 0.3) is 11.8 Å². The molecule has 146 valence electrons. The summed E-state index contributed by atoms with van der Waals surface area (Å²) in [5.74, 6) is -1.85. The van der Waals surface area contributed by atoms with Gasteiger partial charge in [0.05, 0.1) is 17.5 Å². The standard InChI is InChI=1S/C21H16FN3O4/c22-15-8-5-13(6-9-15)20(28)24-18-4-2-1-3-17(18)21(29)25-23-12-14-7-10-16(26)11-19(14)27/h1-12,26-27H,(H,24,28)(H,25,29)/b23-12-. The normalized spacial score (nSPS) is 10.7. The molecule has 0 spiro atoms. The van der Waals surface area contributed by atoms with Crippen molar-refractivity contribution in [1.82, 2.24) is 5.43 Å². The minimum atomic E-state index is -0.588. The third kappa shape index (κ3) is 4.95. The van der Waals surface area contributed by atoms with E-state index in [2.05, 4.69) is 15.8 Å². The maximum Gasteiger partial charge on any atom is 0.273 e. The highest BCUT2D eigenvalue weighted by molar-refractivity contribution is 6.09. The van der Waals surface area contributed by atoms with Gasteiger partial charge < -0.3 is 15.5 Å². The number of para-hydroxylation sites is 1. The number of anilines is 1. The highest BCUT2D eigenvalue weighted by atomic mass is 19.1. The van der Waals surface area contributed by atoms with Crippen LogP contribution in [0.1, 0.15) is 26.3 Å². The molecule has 0 heterocycles. The Balaban J connectivity index is 1.72. The van der Waals surface area contributed by atoms with Crippen LogP contribution < -0.4 is 10.7 Å². The predicted molar refractivity (Wildman–Crippen MR) is 106 cm³/mol. The van der Waals surface area contributed by atoms with E-state index in [-0.39, 0.29) is 28.3 Å². The number of nitrogens with zero attached hydrogens (tertiary/aromatic N) is 1. The maximum absolute atomic E-state index is 13.0. The Hall–Kier alpha value is -4.20. The smallest absolute Gasteiger partial charge is 0.273 e. The summed E-state index contributed by atoms with van der Waals surface area (Å²) < 4.78 is 13.0. The van der Waals surface area contributed by atoms with Gasteiger partial charge in [0, 0.05) is 17.2 Å². The summed E-state index contributed by atoms with van der Waals surface area (Å²) in [5.41, 5.74) is 3.25. The number of nitrogens with one attached hydrogen (secondary N) is 2. The van der Waals surface area contributed by atoms with E-state index < -0.39 is 17.6 Å². The van der Waals surface area contributed by atoms with Gasteiger partial charge >= 0.3 is 0 Å². The molecule has 2 amide bonds. The Bertz CT molecular complexity index is 1080. The second kappa shape index (κ2) is 8.66. The average Bonchev–Trinajstić information content (AvgIpc) is 2.70. The summed E-state index contributed by atoms with van der Waals surface area (Å²) >= 11 is 0. The van der Waals surface area contributed by atoms with Crippen molar-refractivity contribution >= 4 is 23.7 Å². The van der Waals surface area contributed by atoms with E-state index in [0.717, 1.165) is 6.07 Å². The van der Waals surface area contributed by atoms with Gasteiger partial charge in [-0.1, -0.05) is 12.1 Å². The number of aromatic hydroxyl groups is 2. The first kappa shape index (κ1) is 19.6. The zero-order valence-corrected chi connectivity index (χ0v) is 15.0. The number of hydrogen-bond acceptors (Lipinski definition) is 5. The van der Waals surface area contributed by atoms with Gasteiger partial charge in [-0.15, -0.1) is 0 Å². The molecule has 29 heavy (non-hydrogen) atoms. The molecule has 3 aromatic carbocycles. The summed E-state index contributed by atoms with van der Waals surface area (Å²) in [4.78, 5) is 24.8. The number of carbonyl (C=O) groups excluding carboxylic acids is 2. The number of carbonyl (C=O) groups is 2. The third-order valence-corrected chi connectivity index (χ3v) is 3.91. The average molecular weight is 393 g/mol. The molecule has 0 aromatic heterocycles. The van der Waals surface area contributed by atoms with Crippen LogP contribution in [0.25, 0.3) is 0 Å². The zero-order chi connectivity index (χ0) is 20.8. The molecule has 3 rings (SSSR count). The molecule has 0 atom stereocenters. The fourth-order valence-corrected chi connectivity index (χ4v) is 2.45. The summed E-state index contributed by atoms with van der Waals surface area (Å²) in [7, 11) is 0. The number of hydrazone groups is 1. The lowest BCUT2D eigenvalue weighted by Crippen LogP contribution is -2.21. The first-order valence-electron chi connectivity index (χ1n) is 8.45. The molecule has 0 aliphatic heterocycles. The summed E-state index contributed by atoms with van der Waals surface area (Å²) in [6.07, 6.45) is 1.21. The number of phenolic OH excluding ortho intramolecular Hbond substituents is 2. The van der Waals surface area contributed by atoms with E-state index in [0.29, 0.717) is 5.56 Å². The van der Waals surface area contributed by atoms with Crippen LogP contribution in [0, 0.1) is 5.82 Å². The summed E-state index contributed by atoms with van der Waals surface area (Å²) in [6.45, 7) is 0. The zero-order valence-electron chi connectivity index (χ0n) is 15.0. The summed E-state index contributed by atoms with van der Waals surface area (Å²) in [5, 5.41) is 25.4. The Kier molecular flexibility index (Phi) is 5.84. The molecule has 0 radical (unpaired) electrons. The van der Waals surface area contributed by atoms with Crippen molar-refractivity contribution in [1.29, 1.82) is 0 Å². The fourth-order valence-electron chi connectivity index (χ4n) is 2.45. The summed E-state index contributed by atoms with van der Waals surface area (Å²) in [6, 6.07) is 15.3. The first-order chi connectivity index (χ1) is 13.9. The van der Waals surface area contributed by atoms with Crippen molar-refractivity contribution in [3.05, 3.63) is 89.2 Å². The van der Waals surface area contributed by atoms with Gasteiger partial charge in [0.2, 0.25) is 0 Å². The largest absolute Gasteiger partial charge is 0.508 e. The Morgan fingerprint density at radius 2 is 1.66 bits per heavy atom. The maximum atomic E-state index is 13.0. The van der Waals surface area contributed by atoms with Crippen LogP contribution in [0.4, 0.5) is 10.1 Å². The molecule has 0 aliphatic rings. The second-order valence-electron chi connectivity index (χ2n) is 5.95. The van der Waals surface area contributed by atoms with Crippen molar-refractivity contribution < 1.29 is 24.2 Å². The highest BCUT2D eigenvalue weighted by Gasteiger charge is 2.14. The lowest BCUT2D eigenvalue weighted by atomic mass is 10.1. The first-order valence-corrected chi connectivity index (χ1v) is 8.45. The molecule has 0 bridgehead atoms. The number of halogens is 1. The lowest BCUT2D eigenvalue weighted by Gasteiger charge is -2.10. The van der Waals surface area contributed by atoms with Crippen molar-refractivity contribution in [2.45, 2.75) is 0 Å². The van der Waals surface area contributed by atoms with E-state index in [9.17, 15) is 24.2 Å². The van der Waals surface area contributed by atoms with Crippen molar-refractivity contribution in [3.63, 3.8) is 0 Å². The predicted octanol–water partition coefficient (Wildman–Crippen LogP) is 3.25. The lowest BCUT2D eigenvalue weighted by molar-refractivity contribution is 0.0956. The second-order valence-corrected chi connectivity index (χ2v) is 5.95.